The number of carbonyl (C=O) groups is 1. The van der Waals surface area contributed by atoms with Crippen LogP contribution in [-0.2, 0) is 0 Å². The molecule has 0 bridgehead atoms. The molecule has 3 N–H and O–H groups in total. The second kappa shape index (κ2) is 5.93. The molecule has 1 heterocycles. The van der Waals surface area contributed by atoms with Gasteiger partial charge in [0.05, 0.1) is 0 Å². The molecule has 0 saturated heterocycles. The summed E-state index contributed by atoms with van der Waals surface area (Å²) in [6.07, 6.45) is 0. The van der Waals surface area contributed by atoms with Crippen LogP contribution < -0.4 is 0 Å². The number of phenolic OH excluding ortho intramolecular Hbond substituents is 2. The third kappa shape index (κ3) is 2.44. The van der Waals surface area contributed by atoms with Gasteiger partial charge in [0.1, 0.15) is 17.0 Å². The summed E-state index contributed by atoms with van der Waals surface area (Å²) in [6, 6.07) is 16.7. The van der Waals surface area contributed by atoms with Crippen molar-refractivity contribution in [1.82, 2.24) is 4.98 Å². The highest BCUT2D eigenvalue weighted by Gasteiger charge is 2.22. The van der Waals surface area contributed by atoms with Crippen molar-refractivity contribution in [2.75, 3.05) is 0 Å². The monoisotopic (exact) mass is 347 g/mol. The number of aromatic carboxylic acids is 1. The second-order valence-electron chi connectivity index (χ2n) is 5.69. The first-order chi connectivity index (χ1) is 12.6. The minimum atomic E-state index is -1.28. The van der Waals surface area contributed by atoms with Gasteiger partial charge in [-0.25, -0.2) is 9.78 Å². The van der Waals surface area contributed by atoms with Gasteiger partial charge in [0.25, 0.3) is 0 Å². The minimum absolute atomic E-state index is 0.0107. The molecule has 0 aliphatic carbocycles. The van der Waals surface area contributed by atoms with Crippen LogP contribution in [0, 0.1) is 0 Å². The SMILES string of the molecule is O=C(O)c1nc2c(-c3ccccc3O)c(-c3ccccc3O)ccc2o1. The van der Waals surface area contributed by atoms with E-state index in [1.54, 1.807) is 54.6 Å². The van der Waals surface area contributed by atoms with Crippen molar-refractivity contribution < 1.29 is 24.5 Å². The Bertz CT molecular complexity index is 1150. The number of para-hydroxylation sites is 2. The highest BCUT2D eigenvalue weighted by Crippen LogP contribution is 2.43. The molecule has 4 aromatic rings. The van der Waals surface area contributed by atoms with E-state index in [1.165, 1.54) is 6.07 Å². The molecule has 4 rings (SSSR count). The number of fused-ring (bicyclic) bond motifs is 1. The Labute approximate surface area is 147 Å². The van der Waals surface area contributed by atoms with E-state index in [9.17, 15) is 20.1 Å². The highest BCUT2D eigenvalue weighted by molar-refractivity contribution is 6.03. The molecule has 0 fully saturated rings. The predicted octanol–water partition coefficient (Wildman–Crippen LogP) is 4.27. The molecule has 0 radical (unpaired) electrons. The molecule has 0 unspecified atom stereocenters. The lowest BCUT2D eigenvalue weighted by atomic mass is 9.92. The summed E-state index contributed by atoms with van der Waals surface area (Å²) >= 11 is 0. The van der Waals surface area contributed by atoms with Crippen molar-refractivity contribution in [3.8, 4) is 33.8 Å². The maximum atomic E-state index is 11.2. The van der Waals surface area contributed by atoms with Crippen LogP contribution in [0.5, 0.6) is 11.5 Å². The predicted molar refractivity (Wildman–Crippen MR) is 95.2 cm³/mol. The summed E-state index contributed by atoms with van der Waals surface area (Å²) in [4.78, 5) is 15.3. The zero-order valence-corrected chi connectivity index (χ0v) is 13.4. The number of nitrogens with zero attached hydrogens (tertiary/aromatic N) is 1. The smallest absolute Gasteiger partial charge is 0.392 e. The number of hydrogen-bond acceptors (Lipinski definition) is 5. The number of phenols is 2. The molecule has 0 aliphatic rings. The van der Waals surface area contributed by atoms with Gasteiger partial charge in [0, 0.05) is 16.7 Å². The third-order valence-electron chi connectivity index (χ3n) is 4.11. The lowest BCUT2D eigenvalue weighted by Crippen LogP contribution is -1.95. The van der Waals surface area contributed by atoms with Gasteiger partial charge in [0.15, 0.2) is 5.58 Å². The summed E-state index contributed by atoms with van der Waals surface area (Å²) in [5, 5.41) is 29.8. The van der Waals surface area contributed by atoms with Gasteiger partial charge >= 0.3 is 11.9 Å². The van der Waals surface area contributed by atoms with E-state index in [4.69, 9.17) is 4.42 Å². The fourth-order valence-electron chi connectivity index (χ4n) is 2.97. The lowest BCUT2D eigenvalue weighted by molar-refractivity contribution is 0.0656. The number of benzene rings is 3. The van der Waals surface area contributed by atoms with Crippen LogP contribution in [0.25, 0.3) is 33.4 Å². The molecule has 0 saturated carbocycles. The fraction of sp³-hybridized carbons (Fsp3) is 0. The van der Waals surface area contributed by atoms with E-state index in [0.29, 0.717) is 27.8 Å². The summed E-state index contributed by atoms with van der Waals surface area (Å²) < 4.78 is 5.30. The van der Waals surface area contributed by atoms with E-state index in [0.717, 1.165) is 0 Å². The summed E-state index contributed by atoms with van der Waals surface area (Å²) in [6.45, 7) is 0. The first kappa shape index (κ1) is 15.7. The quantitative estimate of drug-likeness (QED) is 0.511. The van der Waals surface area contributed by atoms with Crippen molar-refractivity contribution in [3.63, 3.8) is 0 Å². The molecule has 3 aromatic carbocycles. The third-order valence-corrected chi connectivity index (χ3v) is 4.11. The number of oxazole rings is 1. The topological polar surface area (TPSA) is 104 Å². The van der Waals surface area contributed by atoms with Crippen LogP contribution in [-0.4, -0.2) is 26.3 Å². The Hall–Kier alpha value is -3.80. The Morgan fingerprint density at radius 2 is 1.42 bits per heavy atom. The van der Waals surface area contributed by atoms with Gasteiger partial charge < -0.3 is 19.7 Å². The molecule has 6 heteroatoms. The zero-order valence-electron chi connectivity index (χ0n) is 13.4. The number of aromatic nitrogens is 1. The van der Waals surface area contributed by atoms with Crippen molar-refractivity contribution in [3.05, 3.63) is 66.6 Å². The Morgan fingerprint density at radius 1 is 0.808 bits per heavy atom. The molecule has 0 spiro atoms. The number of carboxylic acid groups (broad SMARTS) is 1. The molecule has 26 heavy (non-hydrogen) atoms. The molecule has 6 nitrogen and oxygen atoms in total. The molecule has 1 aromatic heterocycles. The minimum Gasteiger partial charge on any atom is -0.507 e. The van der Waals surface area contributed by atoms with Gasteiger partial charge in [-0.05, 0) is 29.8 Å². The van der Waals surface area contributed by atoms with Crippen LogP contribution in [0.2, 0.25) is 0 Å². The zero-order chi connectivity index (χ0) is 18.3. The molecule has 0 aliphatic heterocycles. The Balaban J connectivity index is 2.13. The average Bonchev–Trinajstić information content (AvgIpc) is 3.07. The van der Waals surface area contributed by atoms with Gasteiger partial charge in [-0.3, -0.25) is 0 Å². The Morgan fingerprint density at radius 3 is 2.04 bits per heavy atom. The molecular weight excluding hydrogens is 334 g/mol. The number of carboxylic acids is 1. The van der Waals surface area contributed by atoms with Crippen LogP contribution in [0.15, 0.2) is 65.1 Å². The van der Waals surface area contributed by atoms with Crippen LogP contribution in [0.1, 0.15) is 10.7 Å². The van der Waals surface area contributed by atoms with Crippen molar-refractivity contribution in [2.45, 2.75) is 0 Å². The van der Waals surface area contributed by atoms with E-state index >= 15 is 0 Å². The molecule has 128 valence electrons. The molecule has 0 amide bonds. The van der Waals surface area contributed by atoms with Crippen molar-refractivity contribution >= 4 is 17.1 Å². The highest BCUT2D eigenvalue weighted by atomic mass is 16.4. The van der Waals surface area contributed by atoms with E-state index < -0.39 is 11.9 Å². The summed E-state index contributed by atoms with van der Waals surface area (Å²) in [7, 11) is 0. The summed E-state index contributed by atoms with van der Waals surface area (Å²) in [5.41, 5.74) is 2.65. The maximum absolute atomic E-state index is 11.2. The van der Waals surface area contributed by atoms with E-state index in [-0.39, 0.29) is 17.1 Å². The normalized spacial score (nSPS) is 10.9. The van der Waals surface area contributed by atoms with Crippen molar-refractivity contribution in [1.29, 1.82) is 0 Å². The Kier molecular flexibility index (Phi) is 3.58. The van der Waals surface area contributed by atoms with Gasteiger partial charge in [-0.2, -0.15) is 0 Å². The largest absolute Gasteiger partial charge is 0.507 e. The first-order valence-electron chi connectivity index (χ1n) is 7.80. The van der Waals surface area contributed by atoms with Gasteiger partial charge in [-0.15, -0.1) is 0 Å². The summed E-state index contributed by atoms with van der Waals surface area (Å²) in [5.74, 6) is -1.65. The van der Waals surface area contributed by atoms with Crippen LogP contribution >= 0.6 is 0 Å². The molecular formula is C20H13NO5. The van der Waals surface area contributed by atoms with E-state index in [2.05, 4.69) is 4.98 Å². The van der Waals surface area contributed by atoms with Gasteiger partial charge in [0.2, 0.25) is 0 Å². The first-order valence-corrected chi connectivity index (χ1v) is 7.80. The fourth-order valence-corrected chi connectivity index (χ4v) is 2.97. The molecule has 0 atom stereocenters. The second-order valence-corrected chi connectivity index (χ2v) is 5.69. The van der Waals surface area contributed by atoms with Crippen molar-refractivity contribution in [2.24, 2.45) is 0 Å². The number of aromatic hydroxyl groups is 2. The lowest BCUT2D eigenvalue weighted by Gasteiger charge is -2.13. The van der Waals surface area contributed by atoms with Crippen LogP contribution in [0.4, 0.5) is 0 Å². The number of hydrogen-bond donors (Lipinski definition) is 3. The van der Waals surface area contributed by atoms with E-state index in [1.807, 2.05) is 0 Å². The van der Waals surface area contributed by atoms with Crippen LogP contribution in [0.3, 0.4) is 0 Å². The van der Waals surface area contributed by atoms with Gasteiger partial charge in [-0.1, -0.05) is 36.4 Å². The number of rotatable bonds is 3. The standard InChI is InChI=1S/C20H13NO5/c22-14-7-3-1-5-11(14)12-9-10-16-18(21-19(26-16)20(24)25)17(12)13-6-2-4-8-15(13)23/h1-10,22-23H,(H,24,25). The maximum Gasteiger partial charge on any atom is 0.392 e. The average molecular weight is 347 g/mol.